The lowest BCUT2D eigenvalue weighted by Gasteiger charge is -2.09. The predicted octanol–water partition coefficient (Wildman–Crippen LogP) is 4.73. The average molecular weight is 366 g/mol. The van der Waals surface area contributed by atoms with Crippen molar-refractivity contribution in [1.82, 2.24) is 0 Å². The molecule has 3 aromatic rings. The Morgan fingerprint density at radius 1 is 1.15 bits per heavy atom. The second-order valence-corrected chi connectivity index (χ2v) is 6.01. The molecule has 0 saturated heterocycles. The minimum absolute atomic E-state index is 0.0658. The summed E-state index contributed by atoms with van der Waals surface area (Å²) in [5.74, 6) is 0.238. The standard InChI is InChI=1S/C20H18N2O5/c1-12-5-4-6-16(13(12)2)21-20(23)19-10-9-18(27-19)15-8-7-14(26-3)11-17(15)22(24)25/h4-11H,1-3H3,(H,21,23). The van der Waals surface area contributed by atoms with E-state index in [1.165, 1.54) is 31.4 Å². The Bertz CT molecular complexity index is 1020. The molecule has 0 spiro atoms. The molecular formula is C20H18N2O5. The summed E-state index contributed by atoms with van der Waals surface area (Å²) in [6, 6.07) is 13.1. The van der Waals surface area contributed by atoms with E-state index < -0.39 is 10.8 Å². The lowest BCUT2D eigenvalue weighted by atomic mass is 10.1. The zero-order valence-corrected chi connectivity index (χ0v) is 15.1. The molecule has 0 aliphatic rings. The highest BCUT2D eigenvalue weighted by Gasteiger charge is 2.21. The molecule has 27 heavy (non-hydrogen) atoms. The maximum Gasteiger partial charge on any atom is 0.291 e. The van der Waals surface area contributed by atoms with E-state index in [2.05, 4.69) is 5.32 Å². The summed E-state index contributed by atoms with van der Waals surface area (Å²) in [6.45, 7) is 3.87. The quantitative estimate of drug-likeness (QED) is 0.520. The SMILES string of the molecule is COc1ccc(-c2ccc(C(=O)Nc3cccc(C)c3C)o2)c([N+](=O)[O-])c1. The number of nitrogens with one attached hydrogen (secondary N) is 1. The number of aryl methyl sites for hydroxylation is 1. The second kappa shape index (κ2) is 7.33. The van der Waals surface area contributed by atoms with Crippen molar-refractivity contribution >= 4 is 17.3 Å². The minimum atomic E-state index is -0.518. The van der Waals surface area contributed by atoms with E-state index >= 15 is 0 Å². The van der Waals surface area contributed by atoms with Gasteiger partial charge < -0.3 is 14.5 Å². The number of rotatable bonds is 5. The largest absolute Gasteiger partial charge is 0.497 e. The van der Waals surface area contributed by atoms with Crippen LogP contribution in [0.3, 0.4) is 0 Å². The summed E-state index contributed by atoms with van der Waals surface area (Å²) in [5.41, 5.74) is 2.82. The Morgan fingerprint density at radius 2 is 1.93 bits per heavy atom. The molecule has 3 rings (SSSR count). The maximum absolute atomic E-state index is 12.5. The number of amides is 1. The number of nitrogens with zero attached hydrogens (tertiary/aromatic N) is 1. The fourth-order valence-corrected chi connectivity index (χ4v) is 2.67. The van der Waals surface area contributed by atoms with Crippen molar-refractivity contribution in [2.45, 2.75) is 13.8 Å². The number of furan rings is 1. The van der Waals surface area contributed by atoms with Gasteiger partial charge in [-0.15, -0.1) is 0 Å². The summed E-state index contributed by atoms with van der Waals surface area (Å²) < 4.78 is 10.6. The smallest absolute Gasteiger partial charge is 0.291 e. The molecule has 0 unspecified atom stereocenters. The topological polar surface area (TPSA) is 94.6 Å². The summed E-state index contributed by atoms with van der Waals surface area (Å²) in [4.78, 5) is 23.3. The highest BCUT2D eigenvalue weighted by Crippen LogP contribution is 2.34. The molecule has 2 aromatic carbocycles. The molecule has 1 N–H and O–H groups in total. The molecule has 138 valence electrons. The number of ether oxygens (including phenoxy) is 1. The van der Waals surface area contributed by atoms with Gasteiger partial charge in [0.25, 0.3) is 11.6 Å². The minimum Gasteiger partial charge on any atom is -0.497 e. The average Bonchev–Trinajstić information content (AvgIpc) is 3.15. The van der Waals surface area contributed by atoms with Crippen molar-refractivity contribution in [3.8, 4) is 17.1 Å². The molecule has 0 aliphatic heterocycles. The molecule has 0 aliphatic carbocycles. The first-order valence-electron chi connectivity index (χ1n) is 8.21. The van der Waals surface area contributed by atoms with E-state index in [0.29, 0.717) is 11.4 Å². The number of carbonyl (C=O) groups excluding carboxylic acids is 1. The van der Waals surface area contributed by atoms with Crippen LogP contribution in [0, 0.1) is 24.0 Å². The fraction of sp³-hybridized carbons (Fsp3) is 0.150. The third kappa shape index (κ3) is 3.67. The molecule has 0 fully saturated rings. The predicted molar refractivity (Wildman–Crippen MR) is 101 cm³/mol. The van der Waals surface area contributed by atoms with E-state index in [1.807, 2.05) is 26.0 Å². The molecular weight excluding hydrogens is 348 g/mol. The van der Waals surface area contributed by atoms with Gasteiger partial charge in [-0.2, -0.15) is 0 Å². The Balaban J connectivity index is 1.90. The summed E-state index contributed by atoms with van der Waals surface area (Å²) in [7, 11) is 1.43. The number of carbonyl (C=O) groups is 1. The first-order valence-corrected chi connectivity index (χ1v) is 8.21. The van der Waals surface area contributed by atoms with Gasteiger partial charge in [0.05, 0.1) is 23.7 Å². The number of benzene rings is 2. The Morgan fingerprint density at radius 3 is 2.63 bits per heavy atom. The molecule has 0 radical (unpaired) electrons. The monoisotopic (exact) mass is 366 g/mol. The van der Waals surface area contributed by atoms with E-state index in [4.69, 9.17) is 9.15 Å². The van der Waals surface area contributed by atoms with Crippen molar-refractivity contribution in [3.63, 3.8) is 0 Å². The second-order valence-electron chi connectivity index (χ2n) is 6.01. The molecule has 0 bridgehead atoms. The molecule has 7 nitrogen and oxygen atoms in total. The fourth-order valence-electron chi connectivity index (χ4n) is 2.67. The van der Waals surface area contributed by atoms with Crippen molar-refractivity contribution < 1.29 is 18.9 Å². The zero-order valence-electron chi connectivity index (χ0n) is 15.1. The van der Waals surface area contributed by atoms with Gasteiger partial charge in [-0.3, -0.25) is 14.9 Å². The van der Waals surface area contributed by atoms with Crippen LogP contribution in [0.5, 0.6) is 5.75 Å². The van der Waals surface area contributed by atoms with Crippen LogP contribution in [0.1, 0.15) is 21.7 Å². The first kappa shape index (κ1) is 18.2. The normalized spacial score (nSPS) is 10.5. The van der Waals surface area contributed by atoms with Crippen LogP contribution in [0.4, 0.5) is 11.4 Å². The summed E-state index contributed by atoms with van der Waals surface area (Å²) >= 11 is 0. The van der Waals surface area contributed by atoms with Crippen molar-refractivity contribution in [1.29, 1.82) is 0 Å². The van der Waals surface area contributed by atoms with Crippen LogP contribution in [0.25, 0.3) is 11.3 Å². The van der Waals surface area contributed by atoms with Gasteiger partial charge >= 0.3 is 0 Å². The first-order chi connectivity index (χ1) is 12.9. The third-order valence-electron chi connectivity index (χ3n) is 4.35. The summed E-state index contributed by atoms with van der Waals surface area (Å²) in [5, 5.41) is 14.1. The van der Waals surface area contributed by atoms with Crippen LogP contribution in [-0.4, -0.2) is 17.9 Å². The number of hydrogen-bond acceptors (Lipinski definition) is 5. The molecule has 1 heterocycles. The Labute approximate surface area is 155 Å². The zero-order chi connectivity index (χ0) is 19.6. The number of nitro groups is 1. The van der Waals surface area contributed by atoms with Crippen LogP contribution < -0.4 is 10.1 Å². The van der Waals surface area contributed by atoms with E-state index in [0.717, 1.165) is 11.1 Å². The number of methoxy groups -OCH3 is 1. The highest BCUT2D eigenvalue weighted by molar-refractivity contribution is 6.03. The Kier molecular flexibility index (Phi) is 4.94. The van der Waals surface area contributed by atoms with Crippen LogP contribution >= 0.6 is 0 Å². The van der Waals surface area contributed by atoms with Gasteiger partial charge in [0.2, 0.25) is 0 Å². The van der Waals surface area contributed by atoms with Crippen LogP contribution in [0.2, 0.25) is 0 Å². The van der Waals surface area contributed by atoms with Gasteiger partial charge in [-0.1, -0.05) is 12.1 Å². The van der Waals surface area contributed by atoms with E-state index in [9.17, 15) is 14.9 Å². The van der Waals surface area contributed by atoms with Crippen molar-refractivity contribution in [3.05, 3.63) is 75.5 Å². The highest BCUT2D eigenvalue weighted by atomic mass is 16.6. The lowest BCUT2D eigenvalue weighted by Crippen LogP contribution is -2.12. The molecule has 1 amide bonds. The van der Waals surface area contributed by atoms with E-state index in [-0.39, 0.29) is 22.8 Å². The molecule has 0 saturated carbocycles. The van der Waals surface area contributed by atoms with Gasteiger partial charge in [-0.25, -0.2) is 0 Å². The van der Waals surface area contributed by atoms with Gasteiger partial charge in [-0.05, 0) is 55.3 Å². The molecule has 1 aromatic heterocycles. The van der Waals surface area contributed by atoms with Crippen LogP contribution in [-0.2, 0) is 0 Å². The molecule has 0 atom stereocenters. The number of nitro benzene ring substituents is 1. The summed E-state index contributed by atoms with van der Waals surface area (Å²) in [6.07, 6.45) is 0. The van der Waals surface area contributed by atoms with Crippen molar-refractivity contribution in [2.24, 2.45) is 0 Å². The number of anilines is 1. The van der Waals surface area contributed by atoms with Crippen LogP contribution in [0.15, 0.2) is 52.9 Å². The number of hydrogen-bond donors (Lipinski definition) is 1. The van der Waals surface area contributed by atoms with E-state index in [1.54, 1.807) is 12.1 Å². The maximum atomic E-state index is 12.5. The van der Waals surface area contributed by atoms with Crippen molar-refractivity contribution in [2.75, 3.05) is 12.4 Å². The van der Waals surface area contributed by atoms with Gasteiger partial charge in [0.1, 0.15) is 11.5 Å². The van der Waals surface area contributed by atoms with Gasteiger partial charge in [0, 0.05) is 5.69 Å². The van der Waals surface area contributed by atoms with Gasteiger partial charge in [0.15, 0.2) is 5.76 Å². The molecule has 7 heteroatoms. The lowest BCUT2D eigenvalue weighted by molar-refractivity contribution is -0.384. The third-order valence-corrected chi connectivity index (χ3v) is 4.35. The Hall–Kier alpha value is -3.61.